The van der Waals surface area contributed by atoms with Gasteiger partial charge >= 0.3 is 6.03 Å². The van der Waals surface area contributed by atoms with Gasteiger partial charge in [-0.25, -0.2) is 4.79 Å². The molecule has 0 aromatic carbocycles. The van der Waals surface area contributed by atoms with Gasteiger partial charge in [-0.15, -0.1) is 5.10 Å². The van der Waals surface area contributed by atoms with E-state index in [2.05, 4.69) is 15.6 Å². The number of hydrogen-bond acceptors (Lipinski definition) is 5. The molecule has 2 rings (SSSR count). The second-order valence-electron chi connectivity index (χ2n) is 3.79. The molecule has 1 atom stereocenters. The summed E-state index contributed by atoms with van der Waals surface area (Å²) in [6.45, 7) is 2.24. The van der Waals surface area contributed by atoms with E-state index >= 15 is 0 Å². The topological polar surface area (TPSA) is 100 Å². The van der Waals surface area contributed by atoms with Gasteiger partial charge in [0.1, 0.15) is 5.69 Å². The van der Waals surface area contributed by atoms with E-state index in [1.54, 1.807) is 13.1 Å². The molecule has 8 heteroatoms. The highest BCUT2D eigenvalue weighted by Crippen LogP contribution is 2.06. The van der Waals surface area contributed by atoms with Crippen LogP contribution in [-0.2, 0) is 11.3 Å². The highest BCUT2D eigenvalue weighted by atomic mass is 16.3. The number of amides is 3. The lowest BCUT2D eigenvalue weighted by Gasteiger charge is -2.11. The Bertz CT molecular complexity index is 426. The number of aliphatic hydroxyl groups is 1. The SMILES string of the molecule is CC(O)c1cn(CCN2C(=O)CNC2=O)nn1. The van der Waals surface area contributed by atoms with Crippen LogP contribution in [0.15, 0.2) is 6.20 Å². The highest BCUT2D eigenvalue weighted by molar-refractivity contribution is 6.01. The molecule has 0 bridgehead atoms. The van der Waals surface area contributed by atoms with Crippen molar-refractivity contribution in [2.45, 2.75) is 19.6 Å². The van der Waals surface area contributed by atoms with Gasteiger partial charge in [0.25, 0.3) is 0 Å². The number of nitrogens with one attached hydrogen (secondary N) is 1. The molecule has 1 aromatic rings. The predicted octanol–water partition coefficient (Wildman–Crippen LogP) is -1.12. The lowest BCUT2D eigenvalue weighted by Crippen LogP contribution is -2.33. The minimum atomic E-state index is -0.680. The number of nitrogens with zero attached hydrogens (tertiary/aromatic N) is 4. The van der Waals surface area contributed by atoms with Crippen LogP contribution in [0.4, 0.5) is 4.79 Å². The van der Waals surface area contributed by atoms with Gasteiger partial charge in [0.15, 0.2) is 0 Å². The predicted molar refractivity (Wildman–Crippen MR) is 55.8 cm³/mol. The minimum Gasteiger partial charge on any atom is -0.387 e. The van der Waals surface area contributed by atoms with Crippen molar-refractivity contribution in [2.75, 3.05) is 13.1 Å². The zero-order valence-corrected chi connectivity index (χ0v) is 9.33. The van der Waals surface area contributed by atoms with Crippen molar-refractivity contribution < 1.29 is 14.7 Å². The summed E-state index contributed by atoms with van der Waals surface area (Å²) < 4.78 is 1.49. The van der Waals surface area contributed by atoms with E-state index in [-0.39, 0.29) is 25.0 Å². The maximum Gasteiger partial charge on any atom is 0.324 e. The zero-order chi connectivity index (χ0) is 12.4. The molecule has 92 valence electrons. The summed E-state index contributed by atoms with van der Waals surface area (Å²) in [4.78, 5) is 23.6. The molecule has 1 saturated heterocycles. The van der Waals surface area contributed by atoms with Gasteiger partial charge in [0.2, 0.25) is 5.91 Å². The number of urea groups is 1. The monoisotopic (exact) mass is 239 g/mol. The lowest BCUT2D eigenvalue weighted by atomic mass is 10.3. The number of rotatable bonds is 4. The standard InChI is InChI=1S/C9H13N5O3/c1-6(15)7-5-13(12-11-7)2-3-14-8(16)4-10-9(14)17/h5-6,15H,2-4H2,1H3,(H,10,17). The molecule has 1 aliphatic rings. The fourth-order valence-corrected chi connectivity index (χ4v) is 1.50. The number of carbonyl (C=O) groups excluding carboxylic acids is 2. The largest absolute Gasteiger partial charge is 0.387 e. The van der Waals surface area contributed by atoms with E-state index in [0.717, 1.165) is 4.90 Å². The summed E-state index contributed by atoms with van der Waals surface area (Å²) in [6, 6.07) is -0.383. The van der Waals surface area contributed by atoms with Gasteiger partial charge in [-0.05, 0) is 6.92 Å². The third kappa shape index (κ3) is 2.41. The molecule has 2 N–H and O–H groups in total. The number of imide groups is 1. The first-order valence-corrected chi connectivity index (χ1v) is 5.24. The summed E-state index contributed by atoms with van der Waals surface area (Å²) in [7, 11) is 0. The van der Waals surface area contributed by atoms with Crippen LogP contribution in [-0.4, -0.2) is 50.0 Å². The van der Waals surface area contributed by atoms with Crippen molar-refractivity contribution in [2.24, 2.45) is 0 Å². The van der Waals surface area contributed by atoms with Crippen molar-refractivity contribution in [3.63, 3.8) is 0 Å². The minimum absolute atomic E-state index is 0.0507. The normalized spacial score (nSPS) is 17.4. The van der Waals surface area contributed by atoms with E-state index < -0.39 is 6.10 Å². The molecule has 0 aliphatic carbocycles. The Morgan fingerprint density at radius 2 is 2.29 bits per heavy atom. The lowest BCUT2D eigenvalue weighted by molar-refractivity contribution is -0.125. The first-order valence-electron chi connectivity index (χ1n) is 5.24. The van der Waals surface area contributed by atoms with Crippen LogP contribution in [0.25, 0.3) is 0 Å². The van der Waals surface area contributed by atoms with Crippen LogP contribution < -0.4 is 5.32 Å². The summed E-state index contributed by atoms with van der Waals surface area (Å²) >= 11 is 0. The van der Waals surface area contributed by atoms with E-state index in [1.165, 1.54) is 4.68 Å². The van der Waals surface area contributed by atoms with E-state index in [4.69, 9.17) is 0 Å². The fourth-order valence-electron chi connectivity index (χ4n) is 1.50. The van der Waals surface area contributed by atoms with Gasteiger partial charge < -0.3 is 10.4 Å². The van der Waals surface area contributed by atoms with Gasteiger partial charge in [0.05, 0.1) is 31.9 Å². The van der Waals surface area contributed by atoms with Crippen LogP contribution in [0, 0.1) is 0 Å². The molecule has 1 fully saturated rings. The Labute approximate surface area is 97.2 Å². The molecule has 3 amide bonds. The molecule has 0 saturated carbocycles. The third-order valence-electron chi connectivity index (χ3n) is 2.47. The van der Waals surface area contributed by atoms with Crippen LogP contribution in [0.3, 0.4) is 0 Å². The first-order chi connectivity index (χ1) is 8.08. The van der Waals surface area contributed by atoms with Gasteiger partial charge in [-0.3, -0.25) is 14.4 Å². The molecular weight excluding hydrogens is 226 g/mol. The number of carbonyl (C=O) groups is 2. The molecule has 0 spiro atoms. The average molecular weight is 239 g/mol. The Morgan fingerprint density at radius 3 is 2.82 bits per heavy atom. The Hall–Kier alpha value is -1.96. The zero-order valence-electron chi connectivity index (χ0n) is 9.33. The number of aromatic nitrogens is 3. The number of hydrogen-bond donors (Lipinski definition) is 2. The number of aliphatic hydroxyl groups excluding tert-OH is 1. The first kappa shape index (κ1) is 11.5. The molecule has 1 aromatic heterocycles. The summed E-state index contributed by atoms with van der Waals surface area (Å²) in [5.74, 6) is -0.245. The quantitative estimate of drug-likeness (QED) is 0.648. The third-order valence-corrected chi connectivity index (χ3v) is 2.47. The Morgan fingerprint density at radius 1 is 1.53 bits per heavy atom. The summed E-state index contributed by atoms with van der Waals surface area (Å²) in [6.07, 6.45) is 0.906. The molecular formula is C9H13N5O3. The Balaban J connectivity index is 1.93. The van der Waals surface area contributed by atoms with Gasteiger partial charge in [-0.2, -0.15) is 0 Å². The molecule has 17 heavy (non-hydrogen) atoms. The molecule has 0 radical (unpaired) electrons. The van der Waals surface area contributed by atoms with Crippen LogP contribution in [0.2, 0.25) is 0 Å². The second kappa shape index (κ2) is 4.50. The second-order valence-corrected chi connectivity index (χ2v) is 3.79. The van der Waals surface area contributed by atoms with Crippen molar-refractivity contribution in [1.82, 2.24) is 25.2 Å². The van der Waals surface area contributed by atoms with Crippen LogP contribution >= 0.6 is 0 Å². The smallest absolute Gasteiger partial charge is 0.324 e. The van der Waals surface area contributed by atoms with E-state index in [1.807, 2.05) is 0 Å². The maximum atomic E-state index is 11.3. The fraction of sp³-hybridized carbons (Fsp3) is 0.556. The average Bonchev–Trinajstić information content (AvgIpc) is 2.85. The Kier molecular flexibility index (Phi) is 3.05. The van der Waals surface area contributed by atoms with Crippen molar-refractivity contribution in [3.8, 4) is 0 Å². The summed E-state index contributed by atoms with van der Waals surface area (Å²) in [5, 5.41) is 19.2. The molecule has 8 nitrogen and oxygen atoms in total. The van der Waals surface area contributed by atoms with Crippen molar-refractivity contribution in [1.29, 1.82) is 0 Å². The van der Waals surface area contributed by atoms with Crippen LogP contribution in [0.5, 0.6) is 0 Å². The summed E-state index contributed by atoms with van der Waals surface area (Å²) in [5.41, 5.74) is 0.460. The van der Waals surface area contributed by atoms with Gasteiger partial charge in [-0.1, -0.05) is 5.21 Å². The van der Waals surface area contributed by atoms with E-state index in [0.29, 0.717) is 12.2 Å². The van der Waals surface area contributed by atoms with Gasteiger partial charge in [0, 0.05) is 0 Å². The maximum absolute atomic E-state index is 11.3. The van der Waals surface area contributed by atoms with Crippen molar-refractivity contribution in [3.05, 3.63) is 11.9 Å². The van der Waals surface area contributed by atoms with E-state index in [9.17, 15) is 14.7 Å². The molecule has 1 aliphatic heterocycles. The van der Waals surface area contributed by atoms with Crippen molar-refractivity contribution >= 4 is 11.9 Å². The molecule has 2 heterocycles. The van der Waals surface area contributed by atoms with Crippen LogP contribution in [0.1, 0.15) is 18.7 Å². The molecule has 1 unspecified atom stereocenters. The highest BCUT2D eigenvalue weighted by Gasteiger charge is 2.27.